The molecule has 0 fully saturated rings. The Morgan fingerprint density at radius 3 is 2.32 bits per heavy atom. The van der Waals surface area contributed by atoms with Crippen LogP contribution in [0, 0.1) is 0 Å². The van der Waals surface area contributed by atoms with Crippen LogP contribution in [0.3, 0.4) is 0 Å². The Morgan fingerprint density at radius 1 is 0.947 bits per heavy atom. The second-order valence-corrected chi connectivity index (χ2v) is 4.36. The third-order valence-electron chi connectivity index (χ3n) is 2.56. The van der Waals surface area contributed by atoms with Crippen molar-refractivity contribution in [3.05, 3.63) is 0 Å². The third kappa shape index (κ3) is 15.9. The zero-order valence-corrected chi connectivity index (χ0v) is 15.2. The summed E-state index contributed by atoms with van der Waals surface area (Å²) in [7, 11) is 0. The minimum absolute atomic E-state index is 0. The number of unbranched alkanes of at least 4 members (excludes halogenated alkanes) is 3. The maximum absolute atomic E-state index is 5.50. The Bertz CT molecular complexity index is 201. The van der Waals surface area contributed by atoms with Gasteiger partial charge in [0, 0.05) is 26.2 Å². The van der Waals surface area contributed by atoms with Gasteiger partial charge in [0.1, 0.15) is 0 Å². The molecular weight excluding hydrogens is 353 g/mol. The number of hydrogen-bond acceptors (Lipinski definition) is 2. The summed E-state index contributed by atoms with van der Waals surface area (Å²) >= 11 is 0. The minimum Gasteiger partial charge on any atom is -0.380 e. The van der Waals surface area contributed by atoms with Gasteiger partial charge in [-0.3, -0.25) is 4.99 Å². The summed E-state index contributed by atoms with van der Waals surface area (Å²) in [6.07, 6.45) is 5.99. The SMILES string of the molecule is CCCCCN=C(NCC)NCCOCCCC.I. The Hall–Kier alpha value is -0.0400. The first-order chi connectivity index (χ1) is 8.85. The van der Waals surface area contributed by atoms with E-state index in [1.54, 1.807) is 0 Å². The van der Waals surface area contributed by atoms with Gasteiger partial charge in [-0.1, -0.05) is 33.1 Å². The summed E-state index contributed by atoms with van der Waals surface area (Å²) in [5, 5.41) is 6.53. The standard InChI is InChI=1S/C14H31N3O.HI/c1-4-7-9-10-16-14(15-6-3)17-11-13-18-12-8-5-2;/h4-13H2,1-3H3,(H2,15,16,17);1H. The van der Waals surface area contributed by atoms with Crippen molar-refractivity contribution in [3.63, 3.8) is 0 Å². The largest absolute Gasteiger partial charge is 0.380 e. The number of hydrogen-bond donors (Lipinski definition) is 2. The van der Waals surface area contributed by atoms with E-state index in [-0.39, 0.29) is 24.0 Å². The number of nitrogens with zero attached hydrogens (tertiary/aromatic N) is 1. The minimum atomic E-state index is 0. The molecule has 0 amide bonds. The first kappa shape index (κ1) is 21.3. The summed E-state index contributed by atoms with van der Waals surface area (Å²) in [6, 6.07) is 0. The Kier molecular flexibility index (Phi) is 20.1. The first-order valence-electron chi connectivity index (χ1n) is 7.45. The van der Waals surface area contributed by atoms with Crippen molar-refractivity contribution in [1.82, 2.24) is 10.6 Å². The number of guanidine groups is 1. The summed E-state index contributed by atoms with van der Waals surface area (Å²) in [6.45, 7) is 10.7. The van der Waals surface area contributed by atoms with Crippen molar-refractivity contribution in [1.29, 1.82) is 0 Å². The monoisotopic (exact) mass is 385 g/mol. The fourth-order valence-corrected chi connectivity index (χ4v) is 1.48. The van der Waals surface area contributed by atoms with Gasteiger partial charge in [-0.25, -0.2) is 0 Å². The predicted octanol–water partition coefficient (Wildman–Crippen LogP) is 3.17. The lowest BCUT2D eigenvalue weighted by atomic mass is 10.2. The van der Waals surface area contributed by atoms with Crippen LogP contribution in [0.1, 0.15) is 52.9 Å². The van der Waals surface area contributed by atoms with Gasteiger partial charge in [0.15, 0.2) is 5.96 Å². The molecule has 0 aromatic carbocycles. The molecule has 0 aromatic heterocycles. The number of rotatable bonds is 11. The zero-order chi connectivity index (χ0) is 13.5. The molecule has 0 atom stereocenters. The van der Waals surface area contributed by atoms with Crippen molar-refractivity contribution in [3.8, 4) is 0 Å². The van der Waals surface area contributed by atoms with E-state index in [1.807, 2.05) is 0 Å². The van der Waals surface area contributed by atoms with Crippen molar-refractivity contribution in [2.75, 3.05) is 32.8 Å². The molecule has 0 unspecified atom stereocenters. The fourth-order valence-electron chi connectivity index (χ4n) is 1.48. The lowest BCUT2D eigenvalue weighted by Gasteiger charge is -2.11. The molecule has 0 bridgehead atoms. The van der Waals surface area contributed by atoms with E-state index in [4.69, 9.17) is 4.74 Å². The van der Waals surface area contributed by atoms with E-state index >= 15 is 0 Å². The summed E-state index contributed by atoms with van der Waals surface area (Å²) in [4.78, 5) is 4.52. The van der Waals surface area contributed by atoms with Crippen LogP contribution in [0.5, 0.6) is 0 Å². The molecule has 19 heavy (non-hydrogen) atoms. The van der Waals surface area contributed by atoms with Gasteiger partial charge in [-0.15, -0.1) is 24.0 Å². The molecule has 0 radical (unpaired) electrons. The molecule has 0 saturated heterocycles. The zero-order valence-electron chi connectivity index (χ0n) is 12.8. The normalized spacial score (nSPS) is 11.0. The molecule has 116 valence electrons. The number of halogens is 1. The summed E-state index contributed by atoms with van der Waals surface area (Å²) in [5.74, 6) is 0.910. The van der Waals surface area contributed by atoms with Gasteiger partial charge in [0.25, 0.3) is 0 Å². The van der Waals surface area contributed by atoms with Crippen LogP contribution in [0.4, 0.5) is 0 Å². The molecule has 0 aliphatic rings. The van der Waals surface area contributed by atoms with Crippen LogP contribution in [-0.2, 0) is 4.74 Å². The smallest absolute Gasteiger partial charge is 0.191 e. The number of ether oxygens (including phenoxy) is 1. The first-order valence-corrected chi connectivity index (χ1v) is 7.45. The fraction of sp³-hybridized carbons (Fsp3) is 0.929. The van der Waals surface area contributed by atoms with E-state index in [2.05, 4.69) is 36.4 Å². The highest BCUT2D eigenvalue weighted by atomic mass is 127. The molecule has 0 aliphatic carbocycles. The van der Waals surface area contributed by atoms with Crippen LogP contribution >= 0.6 is 24.0 Å². The lowest BCUT2D eigenvalue weighted by Crippen LogP contribution is -2.39. The van der Waals surface area contributed by atoms with E-state index < -0.39 is 0 Å². The third-order valence-corrected chi connectivity index (χ3v) is 2.56. The van der Waals surface area contributed by atoms with Crippen molar-refractivity contribution in [2.45, 2.75) is 52.9 Å². The van der Waals surface area contributed by atoms with Crippen molar-refractivity contribution in [2.24, 2.45) is 4.99 Å². The predicted molar refractivity (Wildman–Crippen MR) is 94.6 cm³/mol. The molecule has 0 aromatic rings. The second kappa shape index (κ2) is 18.0. The Morgan fingerprint density at radius 2 is 1.68 bits per heavy atom. The molecule has 2 N–H and O–H groups in total. The number of aliphatic imine (C=N–C) groups is 1. The van der Waals surface area contributed by atoms with Gasteiger partial charge in [0.05, 0.1) is 6.61 Å². The van der Waals surface area contributed by atoms with Gasteiger partial charge >= 0.3 is 0 Å². The summed E-state index contributed by atoms with van der Waals surface area (Å²) in [5.41, 5.74) is 0. The molecule has 0 heterocycles. The molecular formula is C14H32IN3O. The molecule has 5 heteroatoms. The van der Waals surface area contributed by atoms with Crippen LogP contribution in [0.2, 0.25) is 0 Å². The average Bonchev–Trinajstić information content (AvgIpc) is 2.38. The van der Waals surface area contributed by atoms with Crippen LogP contribution in [0.25, 0.3) is 0 Å². The van der Waals surface area contributed by atoms with Gasteiger partial charge in [-0.2, -0.15) is 0 Å². The van der Waals surface area contributed by atoms with Crippen LogP contribution in [0.15, 0.2) is 4.99 Å². The van der Waals surface area contributed by atoms with E-state index in [9.17, 15) is 0 Å². The van der Waals surface area contributed by atoms with Crippen LogP contribution in [-0.4, -0.2) is 38.8 Å². The second-order valence-electron chi connectivity index (χ2n) is 4.36. The topological polar surface area (TPSA) is 45.7 Å². The highest BCUT2D eigenvalue weighted by Gasteiger charge is 1.96. The quantitative estimate of drug-likeness (QED) is 0.249. The molecule has 0 rings (SSSR count). The lowest BCUT2D eigenvalue weighted by molar-refractivity contribution is 0.136. The highest BCUT2D eigenvalue weighted by molar-refractivity contribution is 14.0. The number of nitrogens with one attached hydrogen (secondary N) is 2. The van der Waals surface area contributed by atoms with Crippen LogP contribution < -0.4 is 10.6 Å². The van der Waals surface area contributed by atoms with Crippen molar-refractivity contribution < 1.29 is 4.74 Å². The van der Waals surface area contributed by atoms with E-state index in [1.165, 1.54) is 25.7 Å². The Labute approximate surface area is 136 Å². The molecule has 4 nitrogen and oxygen atoms in total. The van der Waals surface area contributed by atoms with Gasteiger partial charge < -0.3 is 15.4 Å². The van der Waals surface area contributed by atoms with Gasteiger partial charge in [-0.05, 0) is 19.8 Å². The van der Waals surface area contributed by atoms with E-state index in [0.717, 1.165) is 45.2 Å². The summed E-state index contributed by atoms with van der Waals surface area (Å²) < 4.78 is 5.50. The molecule has 0 saturated carbocycles. The average molecular weight is 385 g/mol. The molecule has 0 spiro atoms. The van der Waals surface area contributed by atoms with Gasteiger partial charge in [0.2, 0.25) is 0 Å². The highest BCUT2D eigenvalue weighted by Crippen LogP contribution is 1.93. The Balaban J connectivity index is 0. The van der Waals surface area contributed by atoms with Crippen molar-refractivity contribution >= 4 is 29.9 Å². The maximum atomic E-state index is 5.50. The van der Waals surface area contributed by atoms with E-state index in [0.29, 0.717) is 0 Å². The molecule has 0 aliphatic heterocycles. The maximum Gasteiger partial charge on any atom is 0.191 e.